The van der Waals surface area contributed by atoms with Crippen LogP contribution in [0.25, 0.3) is 0 Å². The average Bonchev–Trinajstić information content (AvgIpc) is 2.06. The van der Waals surface area contributed by atoms with Crippen molar-refractivity contribution in [3.8, 4) is 0 Å². The lowest BCUT2D eigenvalue weighted by atomic mass is 10.1. The van der Waals surface area contributed by atoms with Crippen molar-refractivity contribution in [2.75, 3.05) is 33.4 Å². The zero-order chi connectivity index (χ0) is 8.81. The van der Waals surface area contributed by atoms with E-state index < -0.39 is 0 Å². The number of hydrogen-bond acceptors (Lipinski definition) is 2. The van der Waals surface area contributed by atoms with Crippen molar-refractivity contribution >= 4 is 0 Å². The van der Waals surface area contributed by atoms with Gasteiger partial charge in [-0.15, -0.1) is 0 Å². The molecule has 1 aliphatic heterocycles. The molecular formula is C10H22N2. The zero-order valence-corrected chi connectivity index (χ0v) is 8.55. The van der Waals surface area contributed by atoms with Crippen LogP contribution in [0.3, 0.4) is 0 Å². The smallest absolute Gasteiger partial charge is 0.0503 e. The topological polar surface area (TPSA) is 6.48 Å². The second-order valence-corrected chi connectivity index (χ2v) is 3.90. The summed E-state index contributed by atoms with van der Waals surface area (Å²) in [5.41, 5.74) is 0. The van der Waals surface area contributed by atoms with Crippen LogP contribution in [0.5, 0.6) is 0 Å². The first-order valence-corrected chi connectivity index (χ1v) is 5.24. The van der Waals surface area contributed by atoms with Crippen molar-refractivity contribution < 1.29 is 0 Å². The molecule has 12 heavy (non-hydrogen) atoms. The monoisotopic (exact) mass is 170 g/mol. The molecule has 0 atom stereocenters. The SMILES string of the molecule is CCCN(C)CN1CCCCC1. The molecule has 0 aromatic carbocycles. The number of rotatable bonds is 4. The van der Waals surface area contributed by atoms with Crippen LogP contribution in [-0.2, 0) is 0 Å². The molecule has 2 heteroatoms. The highest BCUT2D eigenvalue weighted by Crippen LogP contribution is 2.08. The van der Waals surface area contributed by atoms with Crippen LogP contribution < -0.4 is 0 Å². The van der Waals surface area contributed by atoms with Gasteiger partial charge in [0.15, 0.2) is 0 Å². The second kappa shape index (κ2) is 5.55. The van der Waals surface area contributed by atoms with E-state index in [0.717, 1.165) is 0 Å². The van der Waals surface area contributed by atoms with E-state index >= 15 is 0 Å². The number of nitrogens with zero attached hydrogens (tertiary/aromatic N) is 2. The first kappa shape index (κ1) is 10.0. The molecule has 0 radical (unpaired) electrons. The van der Waals surface area contributed by atoms with Gasteiger partial charge in [-0.1, -0.05) is 13.3 Å². The van der Waals surface area contributed by atoms with E-state index in [1.165, 1.54) is 52.0 Å². The molecule has 1 aliphatic rings. The van der Waals surface area contributed by atoms with Gasteiger partial charge in [0, 0.05) is 0 Å². The summed E-state index contributed by atoms with van der Waals surface area (Å²) in [6.45, 7) is 7.28. The molecule has 0 unspecified atom stereocenters. The molecule has 2 nitrogen and oxygen atoms in total. The maximum absolute atomic E-state index is 2.57. The maximum Gasteiger partial charge on any atom is 0.0503 e. The Balaban J connectivity index is 2.11. The highest BCUT2D eigenvalue weighted by Gasteiger charge is 2.10. The molecule has 0 aromatic heterocycles. The van der Waals surface area contributed by atoms with Crippen LogP contribution in [0.1, 0.15) is 32.6 Å². The molecule has 72 valence electrons. The third kappa shape index (κ3) is 3.55. The van der Waals surface area contributed by atoms with Gasteiger partial charge < -0.3 is 0 Å². The van der Waals surface area contributed by atoms with Crippen LogP contribution in [0.4, 0.5) is 0 Å². The van der Waals surface area contributed by atoms with Crippen LogP contribution >= 0.6 is 0 Å². The van der Waals surface area contributed by atoms with Crippen LogP contribution in [-0.4, -0.2) is 43.2 Å². The molecule has 0 aromatic rings. The van der Waals surface area contributed by atoms with E-state index in [2.05, 4.69) is 23.8 Å². The highest BCUT2D eigenvalue weighted by molar-refractivity contribution is 4.63. The fourth-order valence-corrected chi connectivity index (χ4v) is 1.89. The van der Waals surface area contributed by atoms with Crippen molar-refractivity contribution in [2.24, 2.45) is 0 Å². The molecule has 1 saturated heterocycles. The minimum Gasteiger partial charge on any atom is -0.294 e. The van der Waals surface area contributed by atoms with Crippen LogP contribution in [0.2, 0.25) is 0 Å². The van der Waals surface area contributed by atoms with Gasteiger partial charge in [0.2, 0.25) is 0 Å². The van der Waals surface area contributed by atoms with Gasteiger partial charge in [0.25, 0.3) is 0 Å². The fraction of sp³-hybridized carbons (Fsp3) is 1.00. The number of likely N-dealkylation sites (tertiary alicyclic amines) is 1. The summed E-state index contributed by atoms with van der Waals surface area (Å²) >= 11 is 0. The van der Waals surface area contributed by atoms with Crippen molar-refractivity contribution in [1.29, 1.82) is 0 Å². The molecule has 0 amide bonds. The van der Waals surface area contributed by atoms with E-state index in [0.29, 0.717) is 0 Å². The molecule has 0 bridgehead atoms. The van der Waals surface area contributed by atoms with Gasteiger partial charge in [-0.3, -0.25) is 9.80 Å². The molecule has 1 fully saturated rings. The second-order valence-electron chi connectivity index (χ2n) is 3.90. The Bertz CT molecular complexity index is 108. The highest BCUT2D eigenvalue weighted by atomic mass is 15.3. The fourth-order valence-electron chi connectivity index (χ4n) is 1.89. The molecule has 1 rings (SSSR count). The number of piperidine rings is 1. The Morgan fingerprint density at radius 2 is 1.83 bits per heavy atom. The number of hydrogen-bond donors (Lipinski definition) is 0. The Morgan fingerprint density at radius 1 is 1.17 bits per heavy atom. The van der Waals surface area contributed by atoms with Crippen molar-refractivity contribution in [1.82, 2.24) is 9.80 Å². The average molecular weight is 170 g/mol. The Labute approximate surface area is 76.5 Å². The normalized spacial score (nSPS) is 20.2. The Kier molecular flexibility index (Phi) is 4.62. The van der Waals surface area contributed by atoms with E-state index in [1.54, 1.807) is 0 Å². The molecular weight excluding hydrogens is 148 g/mol. The quantitative estimate of drug-likeness (QED) is 0.634. The molecule has 0 aliphatic carbocycles. The van der Waals surface area contributed by atoms with E-state index in [4.69, 9.17) is 0 Å². The van der Waals surface area contributed by atoms with E-state index in [-0.39, 0.29) is 0 Å². The predicted molar refractivity (Wildman–Crippen MR) is 53.2 cm³/mol. The molecule has 0 N–H and O–H groups in total. The summed E-state index contributed by atoms with van der Waals surface area (Å²) in [7, 11) is 2.22. The van der Waals surface area contributed by atoms with E-state index in [9.17, 15) is 0 Å². The summed E-state index contributed by atoms with van der Waals surface area (Å²) in [6, 6.07) is 0. The minimum absolute atomic E-state index is 1.17. The lowest BCUT2D eigenvalue weighted by molar-refractivity contribution is 0.133. The molecule has 0 saturated carbocycles. The third-order valence-electron chi connectivity index (χ3n) is 2.50. The van der Waals surface area contributed by atoms with Crippen molar-refractivity contribution in [2.45, 2.75) is 32.6 Å². The summed E-state index contributed by atoms with van der Waals surface area (Å²) in [5, 5.41) is 0. The van der Waals surface area contributed by atoms with Gasteiger partial charge in [-0.2, -0.15) is 0 Å². The van der Waals surface area contributed by atoms with Gasteiger partial charge in [0.1, 0.15) is 0 Å². The van der Waals surface area contributed by atoms with Crippen LogP contribution in [0.15, 0.2) is 0 Å². The van der Waals surface area contributed by atoms with Gasteiger partial charge in [-0.05, 0) is 45.9 Å². The molecule has 1 heterocycles. The molecule has 0 spiro atoms. The summed E-state index contributed by atoms with van der Waals surface area (Å²) in [5.74, 6) is 0. The summed E-state index contributed by atoms with van der Waals surface area (Å²) in [6.07, 6.45) is 5.51. The lowest BCUT2D eigenvalue weighted by Crippen LogP contribution is -2.39. The van der Waals surface area contributed by atoms with Crippen molar-refractivity contribution in [3.05, 3.63) is 0 Å². The summed E-state index contributed by atoms with van der Waals surface area (Å²) in [4.78, 5) is 4.99. The largest absolute Gasteiger partial charge is 0.294 e. The third-order valence-corrected chi connectivity index (χ3v) is 2.50. The predicted octanol–water partition coefficient (Wildman–Crippen LogP) is 1.77. The zero-order valence-electron chi connectivity index (χ0n) is 8.55. The van der Waals surface area contributed by atoms with Gasteiger partial charge in [-0.25, -0.2) is 0 Å². The first-order chi connectivity index (χ1) is 5.83. The maximum atomic E-state index is 2.57. The van der Waals surface area contributed by atoms with Crippen molar-refractivity contribution in [3.63, 3.8) is 0 Å². The lowest BCUT2D eigenvalue weighted by Gasteiger charge is -2.30. The minimum atomic E-state index is 1.17. The first-order valence-electron chi connectivity index (χ1n) is 5.24. The Morgan fingerprint density at radius 3 is 2.42 bits per heavy atom. The van der Waals surface area contributed by atoms with Gasteiger partial charge >= 0.3 is 0 Å². The van der Waals surface area contributed by atoms with Gasteiger partial charge in [0.05, 0.1) is 6.67 Å². The standard InChI is InChI=1S/C10H22N2/c1-3-7-11(2)10-12-8-5-4-6-9-12/h3-10H2,1-2H3. The van der Waals surface area contributed by atoms with E-state index in [1.807, 2.05) is 0 Å². The Hall–Kier alpha value is -0.0800. The van der Waals surface area contributed by atoms with Crippen LogP contribution in [0, 0.1) is 0 Å². The summed E-state index contributed by atoms with van der Waals surface area (Å²) < 4.78 is 0.